The third-order valence-electron chi connectivity index (χ3n) is 2.89. The Morgan fingerprint density at radius 2 is 1.94 bits per heavy atom. The summed E-state index contributed by atoms with van der Waals surface area (Å²) in [6.07, 6.45) is 3.16. The Balaban J connectivity index is 2.69. The van der Waals surface area contributed by atoms with Crippen molar-refractivity contribution >= 4 is 0 Å². The van der Waals surface area contributed by atoms with Crippen molar-refractivity contribution in [3.05, 3.63) is 47.0 Å². The van der Waals surface area contributed by atoms with Crippen LogP contribution in [0.15, 0.2) is 35.9 Å². The van der Waals surface area contributed by atoms with Crippen LogP contribution in [-0.2, 0) is 0 Å². The molecular weight excluding hydrogens is 194 g/mol. The van der Waals surface area contributed by atoms with Crippen molar-refractivity contribution in [2.24, 2.45) is 5.73 Å². The molecule has 0 amide bonds. The fourth-order valence-corrected chi connectivity index (χ4v) is 2.17. The molecule has 1 nitrogen and oxygen atoms in total. The van der Waals surface area contributed by atoms with E-state index >= 15 is 0 Å². The number of allylic oxidation sites excluding steroid dienone is 1. The van der Waals surface area contributed by atoms with Gasteiger partial charge in [0.05, 0.1) is 0 Å². The van der Waals surface area contributed by atoms with Crippen LogP contribution in [0.2, 0.25) is 0 Å². The first-order chi connectivity index (χ1) is 7.50. The minimum Gasteiger partial charge on any atom is -0.324 e. The fraction of sp³-hybridized carbons (Fsp3) is 0.467. The topological polar surface area (TPSA) is 26.0 Å². The molecule has 88 valence electrons. The Hall–Kier alpha value is -1.08. The molecule has 1 aromatic rings. The number of hydrogen-bond donors (Lipinski definition) is 1. The molecule has 0 saturated carbocycles. The second-order valence-electron chi connectivity index (χ2n) is 4.90. The molecule has 0 radical (unpaired) electrons. The van der Waals surface area contributed by atoms with Crippen LogP contribution in [0.25, 0.3) is 0 Å². The van der Waals surface area contributed by atoms with Crippen molar-refractivity contribution in [2.75, 3.05) is 0 Å². The normalized spacial score (nSPS) is 14.3. The van der Waals surface area contributed by atoms with E-state index in [1.165, 1.54) is 16.7 Å². The van der Waals surface area contributed by atoms with Crippen LogP contribution in [0, 0.1) is 6.92 Å². The monoisotopic (exact) mass is 217 g/mol. The van der Waals surface area contributed by atoms with E-state index in [1.54, 1.807) is 0 Å². The summed E-state index contributed by atoms with van der Waals surface area (Å²) < 4.78 is 0. The van der Waals surface area contributed by atoms with E-state index in [0.717, 1.165) is 6.42 Å². The lowest BCUT2D eigenvalue weighted by atomic mass is 9.90. The summed E-state index contributed by atoms with van der Waals surface area (Å²) in [5, 5.41) is 0. The molecular formula is C15H23N. The van der Waals surface area contributed by atoms with Gasteiger partial charge in [0.2, 0.25) is 0 Å². The summed E-state index contributed by atoms with van der Waals surface area (Å²) in [6.45, 7) is 8.61. The van der Waals surface area contributed by atoms with Crippen LogP contribution in [-0.4, -0.2) is 6.04 Å². The Kier molecular flexibility index (Phi) is 4.75. The number of nitrogens with two attached hydrogens (primary N) is 1. The first-order valence-corrected chi connectivity index (χ1v) is 5.97. The Bertz CT molecular complexity index is 361. The summed E-state index contributed by atoms with van der Waals surface area (Å²) in [5.41, 5.74) is 10.2. The molecule has 0 aliphatic carbocycles. The molecule has 16 heavy (non-hydrogen) atoms. The zero-order valence-corrected chi connectivity index (χ0v) is 10.8. The molecule has 0 fully saturated rings. The highest BCUT2D eigenvalue weighted by Crippen LogP contribution is 2.23. The van der Waals surface area contributed by atoms with Gasteiger partial charge in [-0.25, -0.2) is 0 Å². The van der Waals surface area contributed by atoms with E-state index in [-0.39, 0.29) is 6.04 Å². The van der Waals surface area contributed by atoms with E-state index < -0.39 is 0 Å². The van der Waals surface area contributed by atoms with Gasteiger partial charge in [0, 0.05) is 6.04 Å². The predicted octanol–water partition coefficient (Wildman–Crippen LogP) is 3.78. The third-order valence-corrected chi connectivity index (χ3v) is 2.89. The van der Waals surface area contributed by atoms with Crippen molar-refractivity contribution in [2.45, 2.75) is 46.1 Å². The van der Waals surface area contributed by atoms with Crippen LogP contribution in [0.5, 0.6) is 0 Å². The van der Waals surface area contributed by atoms with Crippen LogP contribution < -0.4 is 5.73 Å². The summed E-state index contributed by atoms with van der Waals surface area (Å²) in [6, 6.07) is 8.72. The first kappa shape index (κ1) is 13.0. The summed E-state index contributed by atoms with van der Waals surface area (Å²) >= 11 is 0. The second kappa shape index (κ2) is 5.86. The molecule has 0 bridgehead atoms. The maximum absolute atomic E-state index is 6.09. The minimum absolute atomic E-state index is 0.166. The molecule has 1 aromatic carbocycles. The molecule has 2 atom stereocenters. The van der Waals surface area contributed by atoms with E-state index in [4.69, 9.17) is 5.73 Å². The Morgan fingerprint density at radius 3 is 2.50 bits per heavy atom. The van der Waals surface area contributed by atoms with Crippen molar-refractivity contribution in [3.63, 3.8) is 0 Å². The van der Waals surface area contributed by atoms with E-state index in [0.29, 0.717) is 5.92 Å². The number of benzene rings is 1. The highest BCUT2D eigenvalue weighted by molar-refractivity contribution is 5.29. The Morgan fingerprint density at radius 1 is 1.31 bits per heavy atom. The summed E-state index contributed by atoms with van der Waals surface area (Å²) in [4.78, 5) is 0. The van der Waals surface area contributed by atoms with Crippen molar-refractivity contribution < 1.29 is 0 Å². The quantitative estimate of drug-likeness (QED) is 0.763. The van der Waals surface area contributed by atoms with Gasteiger partial charge in [0.25, 0.3) is 0 Å². The van der Waals surface area contributed by atoms with Gasteiger partial charge in [-0.1, -0.05) is 42.8 Å². The predicted molar refractivity (Wildman–Crippen MR) is 71.6 cm³/mol. The van der Waals surface area contributed by atoms with E-state index in [1.807, 2.05) is 0 Å². The van der Waals surface area contributed by atoms with Crippen molar-refractivity contribution in [3.8, 4) is 0 Å². The average Bonchev–Trinajstić information content (AvgIpc) is 2.16. The zero-order chi connectivity index (χ0) is 12.1. The smallest absolute Gasteiger partial charge is 0.0231 e. The number of rotatable bonds is 4. The second-order valence-corrected chi connectivity index (χ2v) is 4.90. The SMILES string of the molecule is CC(C)=CC(N)C[C@H](C)c1ccccc1C. The molecule has 0 spiro atoms. The van der Waals surface area contributed by atoms with Gasteiger partial charge in [0.1, 0.15) is 0 Å². The molecule has 0 aliphatic rings. The van der Waals surface area contributed by atoms with Gasteiger partial charge in [-0.15, -0.1) is 0 Å². The summed E-state index contributed by atoms with van der Waals surface area (Å²) in [5.74, 6) is 0.520. The maximum Gasteiger partial charge on any atom is 0.0231 e. The molecule has 1 unspecified atom stereocenters. The molecule has 0 aliphatic heterocycles. The van der Waals surface area contributed by atoms with Crippen molar-refractivity contribution in [1.29, 1.82) is 0 Å². The lowest BCUT2D eigenvalue weighted by molar-refractivity contribution is 0.617. The van der Waals surface area contributed by atoms with Gasteiger partial charge < -0.3 is 5.73 Å². The van der Waals surface area contributed by atoms with Gasteiger partial charge in [-0.05, 0) is 44.2 Å². The number of hydrogen-bond acceptors (Lipinski definition) is 1. The van der Waals surface area contributed by atoms with Crippen LogP contribution >= 0.6 is 0 Å². The molecule has 0 aromatic heterocycles. The third kappa shape index (κ3) is 3.82. The van der Waals surface area contributed by atoms with Crippen LogP contribution in [0.1, 0.15) is 44.2 Å². The Labute approximate surface area is 99.4 Å². The van der Waals surface area contributed by atoms with Gasteiger partial charge in [-0.3, -0.25) is 0 Å². The van der Waals surface area contributed by atoms with Crippen molar-refractivity contribution in [1.82, 2.24) is 0 Å². The average molecular weight is 217 g/mol. The largest absolute Gasteiger partial charge is 0.324 e. The lowest BCUT2D eigenvalue weighted by Crippen LogP contribution is -2.20. The highest BCUT2D eigenvalue weighted by Gasteiger charge is 2.10. The fourth-order valence-electron chi connectivity index (χ4n) is 2.17. The molecule has 0 saturated heterocycles. The first-order valence-electron chi connectivity index (χ1n) is 5.97. The van der Waals surface area contributed by atoms with Gasteiger partial charge >= 0.3 is 0 Å². The maximum atomic E-state index is 6.09. The molecule has 1 heteroatoms. The van der Waals surface area contributed by atoms with Crippen LogP contribution in [0.3, 0.4) is 0 Å². The van der Waals surface area contributed by atoms with E-state index in [9.17, 15) is 0 Å². The summed E-state index contributed by atoms with van der Waals surface area (Å²) in [7, 11) is 0. The molecule has 1 rings (SSSR count). The standard InChI is InChI=1S/C15H23N/c1-11(2)9-14(16)10-13(4)15-8-6-5-7-12(15)3/h5-9,13-14H,10,16H2,1-4H3/t13-,14?/m0/s1. The van der Waals surface area contributed by atoms with Gasteiger partial charge in [0.15, 0.2) is 0 Å². The molecule has 0 heterocycles. The van der Waals surface area contributed by atoms with Crippen LogP contribution in [0.4, 0.5) is 0 Å². The minimum atomic E-state index is 0.166. The lowest BCUT2D eigenvalue weighted by Gasteiger charge is -2.17. The van der Waals surface area contributed by atoms with Gasteiger partial charge in [-0.2, -0.15) is 0 Å². The highest BCUT2D eigenvalue weighted by atomic mass is 14.6. The molecule has 2 N–H and O–H groups in total. The number of aryl methyl sites for hydroxylation is 1. The van der Waals surface area contributed by atoms with E-state index in [2.05, 4.69) is 58.0 Å². The zero-order valence-electron chi connectivity index (χ0n) is 10.8.